The lowest BCUT2D eigenvalue weighted by atomic mass is 10.3. The number of carbonyl (C=O) groups is 2. The zero-order valence-electron chi connectivity index (χ0n) is 13.3. The van der Waals surface area contributed by atoms with E-state index in [1.165, 1.54) is 7.11 Å². The normalized spacial score (nSPS) is 10.9. The Morgan fingerprint density at radius 2 is 1.96 bits per heavy atom. The minimum Gasteiger partial charge on any atom is -0.502 e. The maximum absolute atomic E-state index is 11.8. The highest BCUT2D eigenvalue weighted by Gasteiger charge is 2.29. The predicted molar refractivity (Wildman–Crippen MR) is 82.9 cm³/mol. The van der Waals surface area contributed by atoms with E-state index in [4.69, 9.17) is 14.9 Å². The number of para-hydroxylation sites is 2. The van der Waals surface area contributed by atoms with Crippen LogP contribution in [-0.4, -0.2) is 43.9 Å². The number of aliphatic hydroxyl groups excluding tert-OH is 1. The number of rotatable bonds is 8. The molecule has 0 unspecified atom stereocenters. The third-order valence-electron chi connectivity index (χ3n) is 2.72. The topological polar surface area (TPSA) is 122 Å². The average Bonchev–Trinajstić information content (AvgIpc) is 2.59. The van der Waals surface area contributed by atoms with Gasteiger partial charge in [0.05, 0.1) is 13.7 Å². The fraction of sp³-hybridized carbons (Fsp3) is 0.333. The molecule has 0 saturated heterocycles. The number of amides is 1. The van der Waals surface area contributed by atoms with Gasteiger partial charge in [-0.15, -0.1) is 0 Å². The van der Waals surface area contributed by atoms with Gasteiger partial charge in [0.2, 0.25) is 11.2 Å². The van der Waals surface area contributed by atoms with Crippen molar-refractivity contribution < 1.29 is 28.9 Å². The molecule has 0 aliphatic rings. The van der Waals surface area contributed by atoms with Gasteiger partial charge in [-0.05, 0) is 19.1 Å². The average molecular weight is 336 g/mol. The van der Waals surface area contributed by atoms with Crippen molar-refractivity contribution in [2.24, 2.45) is 0 Å². The van der Waals surface area contributed by atoms with Crippen molar-refractivity contribution in [1.82, 2.24) is 5.32 Å². The molecule has 0 atom stereocenters. The summed E-state index contributed by atoms with van der Waals surface area (Å²) in [7, 11) is 1.45. The lowest BCUT2D eigenvalue weighted by molar-refractivity contribution is -0.143. The molecule has 0 heterocycles. The summed E-state index contributed by atoms with van der Waals surface area (Å²) in [6.07, 6.45) is 0. The van der Waals surface area contributed by atoms with Crippen molar-refractivity contribution in [2.45, 2.75) is 6.92 Å². The molecule has 2 N–H and O–H groups in total. The van der Waals surface area contributed by atoms with E-state index in [2.05, 4.69) is 15.0 Å². The van der Waals surface area contributed by atoms with Crippen molar-refractivity contribution in [1.29, 1.82) is 5.39 Å². The minimum absolute atomic E-state index is 0.166. The van der Waals surface area contributed by atoms with Crippen molar-refractivity contribution in [3.8, 4) is 11.5 Å². The predicted octanol–water partition coefficient (Wildman–Crippen LogP) is 1.38. The first kappa shape index (κ1) is 18.8. The summed E-state index contributed by atoms with van der Waals surface area (Å²) in [5.41, 5.74) is -0.672. The number of hydrogen-bond acceptors (Lipinski definition) is 7. The Bertz CT molecular complexity index is 665. The molecule has 128 valence electrons. The van der Waals surface area contributed by atoms with Crippen LogP contribution in [0.1, 0.15) is 6.92 Å². The molecule has 1 aromatic carbocycles. The SMILES string of the molecule is CCOC(=O)CNC(=O)/C([N+]#N)=C(\O)COc1ccccc1OC. The summed E-state index contributed by atoms with van der Waals surface area (Å²) in [6.45, 7) is 0.924. The van der Waals surface area contributed by atoms with Crippen LogP contribution in [0.25, 0.3) is 4.98 Å². The van der Waals surface area contributed by atoms with Crippen molar-refractivity contribution in [2.75, 3.05) is 26.9 Å². The number of benzene rings is 1. The van der Waals surface area contributed by atoms with Gasteiger partial charge in [0.1, 0.15) is 6.54 Å². The Morgan fingerprint density at radius 1 is 1.29 bits per heavy atom. The second kappa shape index (κ2) is 9.68. The van der Waals surface area contributed by atoms with Crippen molar-refractivity contribution in [3.05, 3.63) is 40.7 Å². The monoisotopic (exact) mass is 336 g/mol. The van der Waals surface area contributed by atoms with E-state index in [0.29, 0.717) is 11.5 Å². The van der Waals surface area contributed by atoms with E-state index in [9.17, 15) is 14.7 Å². The molecular weight excluding hydrogens is 318 g/mol. The zero-order valence-corrected chi connectivity index (χ0v) is 13.3. The van der Waals surface area contributed by atoms with Crippen LogP contribution in [0.5, 0.6) is 11.5 Å². The van der Waals surface area contributed by atoms with E-state index in [0.717, 1.165) is 0 Å². The summed E-state index contributed by atoms with van der Waals surface area (Å²) in [5, 5.41) is 20.9. The number of diazo groups is 1. The number of carbonyl (C=O) groups excluding carboxylic acids is 2. The first-order chi connectivity index (χ1) is 11.5. The smallest absolute Gasteiger partial charge is 0.488 e. The highest BCUT2D eigenvalue weighted by molar-refractivity contribution is 5.97. The second-order valence-corrected chi connectivity index (χ2v) is 4.32. The molecule has 1 aromatic rings. The molecule has 0 aromatic heterocycles. The first-order valence-electron chi connectivity index (χ1n) is 7.00. The Kier molecular flexibility index (Phi) is 7.57. The summed E-state index contributed by atoms with van der Waals surface area (Å²) >= 11 is 0. The zero-order chi connectivity index (χ0) is 17.9. The number of esters is 1. The largest absolute Gasteiger partial charge is 0.502 e. The van der Waals surface area contributed by atoms with Crippen LogP contribution in [0, 0.1) is 5.39 Å². The number of aliphatic hydroxyl groups is 1. The molecule has 0 spiro atoms. The van der Waals surface area contributed by atoms with E-state index in [-0.39, 0.29) is 6.61 Å². The van der Waals surface area contributed by atoms with Crippen LogP contribution in [-0.2, 0) is 14.3 Å². The van der Waals surface area contributed by atoms with Gasteiger partial charge in [-0.25, -0.2) is 0 Å². The van der Waals surface area contributed by atoms with Gasteiger partial charge in [-0.3, -0.25) is 9.59 Å². The molecular formula is C15H18N3O6+. The maximum Gasteiger partial charge on any atom is 0.488 e. The Balaban J connectivity index is 2.72. The third-order valence-corrected chi connectivity index (χ3v) is 2.72. The van der Waals surface area contributed by atoms with Crippen LogP contribution in [0.15, 0.2) is 35.7 Å². The summed E-state index contributed by atoms with van der Waals surface area (Å²) in [4.78, 5) is 25.7. The first-order valence-corrected chi connectivity index (χ1v) is 7.00. The maximum atomic E-state index is 11.8. The Morgan fingerprint density at radius 3 is 2.54 bits per heavy atom. The number of hydrogen-bond donors (Lipinski definition) is 2. The van der Waals surface area contributed by atoms with Crippen molar-refractivity contribution >= 4 is 11.9 Å². The van der Waals surface area contributed by atoms with Gasteiger partial charge < -0.3 is 24.6 Å². The molecule has 0 bridgehead atoms. The second-order valence-electron chi connectivity index (χ2n) is 4.32. The number of nitrogens with one attached hydrogen (secondary N) is 1. The van der Waals surface area contributed by atoms with Gasteiger partial charge in [0.15, 0.2) is 23.1 Å². The Labute approximate surface area is 138 Å². The van der Waals surface area contributed by atoms with Crippen LogP contribution in [0.4, 0.5) is 0 Å². The van der Waals surface area contributed by atoms with Crippen LogP contribution in [0.3, 0.4) is 0 Å². The molecule has 0 fully saturated rings. The molecule has 0 radical (unpaired) electrons. The fourth-order valence-corrected chi connectivity index (χ4v) is 1.63. The van der Waals surface area contributed by atoms with Crippen molar-refractivity contribution in [3.63, 3.8) is 0 Å². The van der Waals surface area contributed by atoms with Gasteiger partial charge in [-0.2, -0.15) is 0 Å². The summed E-state index contributed by atoms with van der Waals surface area (Å²) in [5.74, 6) is -1.47. The molecule has 24 heavy (non-hydrogen) atoms. The van der Waals surface area contributed by atoms with E-state index in [1.54, 1.807) is 31.2 Å². The fourth-order valence-electron chi connectivity index (χ4n) is 1.63. The van der Waals surface area contributed by atoms with E-state index < -0.39 is 36.5 Å². The molecule has 1 rings (SSSR count). The van der Waals surface area contributed by atoms with Gasteiger partial charge >= 0.3 is 17.6 Å². The lowest BCUT2D eigenvalue weighted by Crippen LogP contribution is -2.32. The standard InChI is InChI=1S/C15H17N3O6/c1-3-23-13(20)8-17-15(21)14(18-16)10(19)9-24-12-7-5-4-6-11(12)22-2/h4-7H,3,8-9H2,1-2H3,(H-,17,19,21)/p+1. The quantitative estimate of drug-likeness (QED) is 0.318. The Hall–Kier alpha value is -3.28. The molecule has 0 saturated carbocycles. The highest BCUT2D eigenvalue weighted by atomic mass is 16.5. The van der Waals surface area contributed by atoms with E-state index >= 15 is 0 Å². The summed E-state index contributed by atoms with van der Waals surface area (Å²) < 4.78 is 15.0. The van der Waals surface area contributed by atoms with Crippen LogP contribution in [0.2, 0.25) is 0 Å². The lowest BCUT2D eigenvalue weighted by Gasteiger charge is -2.08. The number of nitrogens with zero attached hydrogens (tertiary/aromatic N) is 2. The van der Waals surface area contributed by atoms with Crippen LogP contribution < -0.4 is 14.8 Å². The van der Waals surface area contributed by atoms with Gasteiger partial charge in [0, 0.05) is 0 Å². The minimum atomic E-state index is -0.952. The molecule has 0 aliphatic carbocycles. The molecule has 0 aliphatic heterocycles. The number of ether oxygens (including phenoxy) is 3. The van der Waals surface area contributed by atoms with Gasteiger partial charge in [0.25, 0.3) is 0 Å². The third kappa shape index (κ3) is 5.49. The molecule has 9 heteroatoms. The van der Waals surface area contributed by atoms with Gasteiger partial charge in [-0.1, -0.05) is 12.1 Å². The number of methoxy groups -OCH3 is 1. The molecule has 9 nitrogen and oxygen atoms in total. The highest BCUT2D eigenvalue weighted by Crippen LogP contribution is 2.26. The summed E-state index contributed by atoms with van der Waals surface area (Å²) in [6, 6.07) is 6.68. The van der Waals surface area contributed by atoms with Crippen LogP contribution >= 0.6 is 0 Å². The van der Waals surface area contributed by atoms with E-state index in [1.807, 2.05) is 0 Å². The molecule has 1 amide bonds.